The van der Waals surface area contributed by atoms with Crippen molar-refractivity contribution >= 4 is 33.3 Å². The van der Waals surface area contributed by atoms with E-state index >= 15 is 0 Å². The van der Waals surface area contributed by atoms with Gasteiger partial charge in [-0.2, -0.15) is 4.98 Å². The number of alkyl halides is 3. The van der Waals surface area contributed by atoms with E-state index in [0.717, 1.165) is 15.8 Å². The number of pyridine rings is 1. The number of nitrogens with one attached hydrogen (secondary N) is 1. The van der Waals surface area contributed by atoms with Crippen LogP contribution in [0.25, 0.3) is 20.8 Å². The number of thiazole rings is 1. The average molecular weight is 446 g/mol. The Hall–Kier alpha value is -3.47. The number of nitrogens with zero attached hydrogens (tertiary/aromatic N) is 4. The number of hydrogen-bond acceptors (Lipinski definition) is 8. The van der Waals surface area contributed by atoms with E-state index in [9.17, 15) is 13.2 Å². The van der Waals surface area contributed by atoms with Crippen LogP contribution < -0.4 is 15.8 Å². The number of aryl methyl sites for hydroxylation is 1. The fraction of sp³-hybridized carbons (Fsp3) is 0.200. The van der Waals surface area contributed by atoms with Gasteiger partial charge in [-0.3, -0.25) is 4.98 Å². The Labute approximate surface area is 179 Å². The lowest BCUT2D eigenvalue weighted by atomic mass is 10.1. The van der Waals surface area contributed by atoms with E-state index in [1.807, 2.05) is 19.9 Å². The van der Waals surface area contributed by atoms with Crippen LogP contribution in [0.3, 0.4) is 0 Å². The van der Waals surface area contributed by atoms with E-state index < -0.39 is 6.36 Å². The summed E-state index contributed by atoms with van der Waals surface area (Å²) in [5.74, 6) is 0.308. The third-order valence-corrected chi connectivity index (χ3v) is 5.53. The summed E-state index contributed by atoms with van der Waals surface area (Å²) in [5.41, 5.74) is 9.03. The number of hydrogen-bond donors (Lipinski definition) is 2. The first kappa shape index (κ1) is 20.8. The molecule has 4 rings (SSSR count). The third-order valence-electron chi connectivity index (χ3n) is 4.48. The molecule has 0 aliphatic carbocycles. The lowest BCUT2D eigenvalue weighted by molar-refractivity contribution is -0.274. The van der Waals surface area contributed by atoms with E-state index in [4.69, 9.17) is 5.73 Å². The molecule has 0 amide bonds. The summed E-state index contributed by atoms with van der Waals surface area (Å²) >= 11 is 1.48. The number of nitrogen functional groups attached to an aromatic ring is 1. The van der Waals surface area contributed by atoms with Crippen LogP contribution in [0.2, 0.25) is 0 Å². The molecule has 0 aliphatic heterocycles. The van der Waals surface area contributed by atoms with Crippen LogP contribution in [0.4, 0.5) is 24.9 Å². The summed E-state index contributed by atoms with van der Waals surface area (Å²) in [6, 6.07) is 7.19. The Balaban J connectivity index is 1.54. The zero-order chi connectivity index (χ0) is 22.2. The summed E-state index contributed by atoms with van der Waals surface area (Å²) in [4.78, 5) is 17.5. The van der Waals surface area contributed by atoms with Crippen molar-refractivity contribution in [2.24, 2.45) is 0 Å². The van der Waals surface area contributed by atoms with Gasteiger partial charge < -0.3 is 15.8 Å². The molecule has 160 valence electrons. The van der Waals surface area contributed by atoms with Gasteiger partial charge in [-0.1, -0.05) is 12.1 Å². The van der Waals surface area contributed by atoms with Crippen molar-refractivity contribution in [2.75, 3.05) is 11.1 Å². The number of anilines is 2. The van der Waals surface area contributed by atoms with Crippen molar-refractivity contribution in [3.8, 4) is 16.3 Å². The Bertz CT molecular complexity index is 1170. The number of nitrogens with two attached hydrogens (primary N) is 1. The zero-order valence-electron chi connectivity index (χ0n) is 16.4. The molecule has 7 nitrogen and oxygen atoms in total. The minimum Gasteiger partial charge on any atom is -0.406 e. The number of aromatic nitrogens is 4. The Morgan fingerprint density at radius 3 is 2.48 bits per heavy atom. The quantitative estimate of drug-likeness (QED) is 0.439. The summed E-state index contributed by atoms with van der Waals surface area (Å²) in [7, 11) is 0. The van der Waals surface area contributed by atoms with Crippen LogP contribution in [-0.4, -0.2) is 26.3 Å². The van der Waals surface area contributed by atoms with Crippen molar-refractivity contribution in [3.63, 3.8) is 0 Å². The largest absolute Gasteiger partial charge is 0.573 e. The Kier molecular flexibility index (Phi) is 5.36. The van der Waals surface area contributed by atoms with Gasteiger partial charge in [0.1, 0.15) is 22.1 Å². The highest BCUT2D eigenvalue weighted by Crippen LogP contribution is 2.35. The monoisotopic (exact) mass is 446 g/mol. The van der Waals surface area contributed by atoms with Crippen LogP contribution in [0.1, 0.15) is 24.2 Å². The van der Waals surface area contributed by atoms with Crippen molar-refractivity contribution in [3.05, 3.63) is 54.0 Å². The van der Waals surface area contributed by atoms with Crippen LogP contribution in [0.5, 0.6) is 5.75 Å². The first-order valence-electron chi connectivity index (χ1n) is 9.17. The fourth-order valence-electron chi connectivity index (χ4n) is 3.05. The van der Waals surface area contributed by atoms with Gasteiger partial charge >= 0.3 is 6.36 Å². The summed E-state index contributed by atoms with van der Waals surface area (Å²) in [6.07, 6.45) is -1.34. The number of fused-ring (bicyclic) bond motifs is 1. The van der Waals surface area contributed by atoms with Crippen molar-refractivity contribution < 1.29 is 17.9 Å². The second kappa shape index (κ2) is 7.99. The molecule has 11 heteroatoms. The number of halogens is 3. The van der Waals surface area contributed by atoms with E-state index in [-0.39, 0.29) is 17.6 Å². The van der Waals surface area contributed by atoms with Gasteiger partial charge in [0.2, 0.25) is 5.95 Å². The van der Waals surface area contributed by atoms with E-state index in [2.05, 4.69) is 30.0 Å². The molecule has 0 saturated carbocycles. The number of benzene rings is 1. The molecule has 4 aromatic rings. The van der Waals surface area contributed by atoms with Gasteiger partial charge in [-0.15, -0.1) is 24.5 Å². The normalized spacial score (nSPS) is 12.7. The minimum absolute atomic E-state index is 0.280. The maximum Gasteiger partial charge on any atom is 0.573 e. The number of ether oxygens (including phenoxy) is 1. The molecule has 0 saturated heterocycles. The molecule has 3 N–H and O–H groups in total. The van der Waals surface area contributed by atoms with Gasteiger partial charge in [0, 0.05) is 6.20 Å². The maximum atomic E-state index is 12.3. The second-order valence-corrected chi connectivity index (χ2v) is 7.77. The SMILES string of the molecule is Cc1nc(N[C@H](C)c2ccc(OC(F)(F)F)cc2)nc(N)c1-c1nc2cnccc2s1. The highest BCUT2D eigenvalue weighted by molar-refractivity contribution is 7.21. The maximum absolute atomic E-state index is 12.3. The van der Waals surface area contributed by atoms with E-state index in [0.29, 0.717) is 22.2 Å². The molecular weight excluding hydrogens is 429 g/mol. The van der Waals surface area contributed by atoms with Gasteiger partial charge in [0.05, 0.1) is 28.2 Å². The highest BCUT2D eigenvalue weighted by atomic mass is 32.1. The number of rotatable bonds is 5. The van der Waals surface area contributed by atoms with Crippen molar-refractivity contribution in [1.29, 1.82) is 0 Å². The summed E-state index contributed by atoms with van der Waals surface area (Å²) in [6.45, 7) is 3.65. The molecule has 3 heterocycles. The second-order valence-electron chi connectivity index (χ2n) is 6.74. The molecule has 0 bridgehead atoms. The third kappa shape index (κ3) is 4.66. The van der Waals surface area contributed by atoms with Crippen molar-refractivity contribution in [1.82, 2.24) is 19.9 Å². The zero-order valence-corrected chi connectivity index (χ0v) is 17.3. The lowest BCUT2D eigenvalue weighted by Crippen LogP contribution is -2.17. The molecule has 1 aromatic carbocycles. The molecule has 0 spiro atoms. The van der Waals surface area contributed by atoms with Crippen molar-refractivity contribution in [2.45, 2.75) is 26.3 Å². The highest BCUT2D eigenvalue weighted by Gasteiger charge is 2.31. The van der Waals surface area contributed by atoms with E-state index in [1.54, 1.807) is 24.5 Å². The van der Waals surface area contributed by atoms with Crippen LogP contribution in [0, 0.1) is 6.92 Å². The van der Waals surface area contributed by atoms with Gasteiger partial charge in [0.25, 0.3) is 0 Å². The smallest absolute Gasteiger partial charge is 0.406 e. The predicted molar refractivity (Wildman–Crippen MR) is 113 cm³/mol. The van der Waals surface area contributed by atoms with E-state index in [1.165, 1.54) is 23.5 Å². The molecule has 3 aromatic heterocycles. The molecule has 0 radical (unpaired) electrons. The minimum atomic E-state index is -4.73. The van der Waals surface area contributed by atoms with Gasteiger partial charge in [-0.05, 0) is 37.6 Å². The van der Waals surface area contributed by atoms with Crippen LogP contribution in [-0.2, 0) is 0 Å². The van der Waals surface area contributed by atoms with Gasteiger partial charge in [-0.25, -0.2) is 9.97 Å². The fourth-order valence-corrected chi connectivity index (χ4v) is 4.08. The van der Waals surface area contributed by atoms with Gasteiger partial charge in [0.15, 0.2) is 0 Å². The predicted octanol–water partition coefficient (Wildman–Crippen LogP) is 5.11. The van der Waals surface area contributed by atoms with Crippen LogP contribution in [0.15, 0.2) is 42.7 Å². The molecular formula is C20H17F3N6OS. The molecule has 1 atom stereocenters. The topological polar surface area (TPSA) is 98.8 Å². The Morgan fingerprint density at radius 2 is 1.84 bits per heavy atom. The molecule has 0 fully saturated rings. The lowest BCUT2D eigenvalue weighted by Gasteiger charge is -2.16. The Morgan fingerprint density at radius 1 is 1.10 bits per heavy atom. The summed E-state index contributed by atoms with van der Waals surface area (Å²) < 4.78 is 41.8. The first-order chi connectivity index (χ1) is 14.7. The summed E-state index contributed by atoms with van der Waals surface area (Å²) in [5, 5.41) is 3.83. The average Bonchev–Trinajstić information content (AvgIpc) is 3.10. The van der Waals surface area contributed by atoms with Crippen LogP contribution >= 0.6 is 11.3 Å². The first-order valence-corrected chi connectivity index (χ1v) is 9.98. The molecule has 0 unspecified atom stereocenters. The molecule has 0 aliphatic rings. The molecule has 31 heavy (non-hydrogen) atoms. The standard InChI is InChI=1S/C20H17F3N6OS/c1-10(12-3-5-13(6-4-12)30-20(21,22)23)26-19-27-11(2)16(17(24)29-19)18-28-14-9-25-8-7-15(14)31-18/h3-10H,1-2H3,(H3,24,26,27,29)/t10-/m1/s1.